The molecule has 36 heavy (non-hydrogen) atoms. The molecule has 0 atom stereocenters. The van der Waals surface area contributed by atoms with Gasteiger partial charge in [-0.05, 0) is 36.8 Å². The highest BCUT2D eigenvalue weighted by Gasteiger charge is 2.18. The van der Waals surface area contributed by atoms with E-state index in [1.807, 2.05) is 6.92 Å². The predicted molar refractivity (Wildman–Crippen MR) is 131 cm³/mol. The molecule has 3 rings (SSSR count). The predicted octanol–water partition coefficient (Wildman–Crippen LogP) is 4.38. The van der Waals surface area contributed by atoms with E-state index in [9.17, 15) is 19.2 Å². The molecule has 0 aliphatic rings. The maximum Gasteiger partial charge on any atom is 0.414 e. The number of ether oxygens (including phenoxy) is 3. The molecule has 9 nitrogen and oxygen atoms in total. The van der Waals surface area contributed by atoms with E-state index in [0.717, 1.165) is 5.56 Å². The Kier molecular flexibility index (Phi) is 8.77. The molecule has 0 saturated heterocycles. The van der Waals surface area contributed by atoms with Crippen LogP contribution in [0.2, 0.25) is 0 Å². The summed E-state index contributed by atoms with van der Waals surface area (Å²) < 4.78 is 16.0. The van der Waals surface area contributed by atoms with Gasteiger partial charge in [0.1, 0.15) is 6.61 Å². The van der Waals surface area contributed by atoms with Crippen LogP contribution in [-0.4, -0.2) is 49.5 Å². The van der Waals surface area contributed by atoms with Gasteiger partial charge in [-0.1, -0.05) is 54.1 Å². The number of aryl methyl sites for hydroxylation is 1. The summed E-state index contributed by atoms with van der Waals surface area (Å²) >= 11 is 0. The fourth-order valence-electron chi connectivity index (χ4n) is 2.92. The average Bonchev–Trinajstić information content (AvgIpc) is 2.88. The lowest BCUT2D eigenvalue weighted by Gasteiger charge is -2.15. The quantitative estimate of drug-likeness (QED) is 0.283. The second-order valence-corrected chi connectivity index (χ2v) is 8.02. The molecule has 0 aromatic heterocycles. The highest BCUT2D eigenvalue weighted by atomic mass is 16.6. The molecule has 2 amide bonds. The molecule has 0 radical (unpaired) electrons. The molecular weight excluding hydrogens is 464 g/mol. The second kappa shape index (κ2) is 12.2. The summed E-state index contributed by atoms with van der Waals surface area (Å²) in [6.45, 7) is 1.50. The van der Waals surface area contributed by atoms with Crippen molar-refractivity contribution in [2.45, 2.75) is 13.5 Å². The van der Waals surface area contributed by atoms with Crippen LogP contribution in [0.25, 0.3) is 0 Å². The fourth-order valence-corrected chi connectivity index (χ4v) is 2.92. The third kappa shape index (κ3) is 7.42. The van der Waals surface area contributed by atoms with Gasteiger partial charge in [0.25, 0.3) is 0 Å². The molecule has 0 spiro atoms. The number of benzene rings is 3. The van der Waals surface area contributed by atoms with Gasteiger partial charge in [0, 0.05) is 19.7 Å². The topological polar surface area (TPSA) is 111 Å². The lowest BCUT2D eigenvalue weighted by atomic mass is 10.1. The highest BCUT2D eigenvalue weighted by molar-refractivity contribution is 5.98. The zero-order valence-electron chi connectivity index (χ0n) is 20.1. The molecule has 3 aromatic rings. The Balaban J connectivity index is 1.67. The van der Waals surface area contributed by atoms with Crippen LogP contribution in [0.1, 0.15) is 31.8 Å². The molecule has 3 aromatic carbocycles. The molecule has 0 aliphatic carbocycles. The first kappa shape index (κ1) is 26.0. The van der Waals surface area contributed by atoms with Crippen LogP contribution in [0.4, 0.5) is 9.59 Å². The number of rotatable bonds is 8. The van der Waals surface area contributed by atoms with Gasteiger partial charge in [-0.25, -0.2) is 14.4 Å². The zero-order chi connectivity index (χ0) is 26.1. The normalized spacial score (nSPS) is 10.2. The first-order valence-corrected chi connectivity index (χ1v) is 11.0. The van der Waals surface area contributed by atoms with Gasteiger partial charge < -0.3 is 24.4 Å². The number of amides is 2. The van der Waals surface area contributed by atoms with Crippen LogP contribution in [0.5, 0.6) is 11.5 Å². The van der Waals surface area contributed by atoms with Crippen LogP contribution >= 0.6 is 0 Å². The summed E-state index contributed by atoms with van der Waals surface area (Å²) in [6, 6.07) is 19.8. The zero-order valence-corrected chi connectivity index (χ0v) is 20.1. The molecule has 0 fully saturated rings. The Labute approximate surface area is 208 Å². The fraction of sp³-hybridized carbons (Fsp3) is 0.185. The first-order chi connectivity index (χ1) is 17.2. The largest absolute Gasteiger partial charge is 0.445 e. The van der Waals surface area contributed by atoms with Gasteiger partial charge in [-0.3, -0.25) is 4.79 Å². The van der Waals surface area contributed by atoms with Crippen LogP contribution in [0, 0.1) is 6.92 Å². The number of hydrogen-bond acceptors (Lipinski definition) is 7. The number of Topliss-reactive ketones (excluding diaryl/α,β-unsaturated/α-hetero) is 1. The first-order valence-electron chi connectivity index (χ1n) is 11.0. The van der Waals surface area contributed by atoms with Crippen molar-refractivity contribution in [3.63, 3.8) is 0 Å². The van der Waals surface area contributed by atoms with E-state index in [1.54, 1.807) is 60.7 Å². The minimum Gasteiger partial charge on any atom is -0.445 e. The molecule has 1 N–H and O–H groups in total. The Morgan fingerprint density at radius 2 is 1.50 bits per heavy atom. The van der Waals surface area contributed by atoms with Crippen molar-refractivity contribution < 1.29 is 33.4 Å². The maximum atomic E-state index is 12.6. The standard InChI is InChI=1S/C27H26N2O7/c1-18-9-12-21(13-10-18)25(31)35-24-15-19(11-14-23(24)36-27(33)29(2)3)17-34-26(32)28-16-22(30)20-7-5-4-6-8-20/h4-15H,16-17H2,1-3H3,(H,28,32). The maximum absolute atomic E-state index is 12.6. The molecule has 0 aliphatic heterocycles. The lowest BCUT2D eigenvalue weighted by Crippen LogP contribution is -2.30. The molecular formula is C27H26N2O7. The summed E-state index contributed by atoms with van der Waals surface area (Å²) in [7, 11) is 3.04. The summed E-state index contributed by atoms with van der Waals surface area (Å²) in [6.07, 6.45) is -1.45. The van der Waals surface area contributed by atoms with E-state index in [4.69, 9.17) is 14.2 Å². The van der Waals surface area contributed by atoms with Crippen molar-refractivity contribution in [3.05, 3.63) is 95.1 Å². The number of alkyl carbamates (subject to hydrolysis) is 1. The van der Waals surface area contributed by atoms with E-state index < -0.39 is 18.2 Å². The van der Waals surface area contributed by atoms with Gasteiger partial charge >= 0.3 is 18.2 Å². The number of ketones is 1. The number of carbonyl (C=O) groups excluding carboxylic acids is 4. The average molecular weight is 491 g/mol. The van der Waals surface area contributed by atoms with E-state index in [0.29, 0.717) is 16.7 Å². The Bertz CT molecular complexity index is 1240. The highest BCUT2D eigenvalue weighted by Crippen LogP contribution is 2.30. The van der Waals surface area contributed by atoms with Crippen LogP contribution in [-0.2, 0) is 11.3 Å². The van der Waals surface area contributed by atoms with Crippen molar-refractivity contribution in [1.82, 2.24) is 10.2 Å². The lowest BCUT2D eigenvalue weighted by molar-refractivity contribution is 0.0727. The van der Waals surface area contributed by atoms with Crippen molar-refractivity contribution in [2.24, 2.45) is 0 Å². The molecule has 186 valence electrons. The van der Waals surface area contributed by atoms with Gasteiger partial charge in [-0.15, -0.1) is 0 Å². The van der Waals surface area contributed by atoms with Gasteiger partial charge in [0.2, 0.25) is 0 Å². The second-order valence-electron chi connectivity index (χ2n) is 8.02. The monoisotopic (exact) mass is 490 g/mol. The SMILES string of the molecule is Cc1ccc(C(=O)Oc2cc(COC(=O)NCC(=O)c3ccccc3)ccc2OC(=O)N(C)C)cc1. The molecule has 0 bridgehead atoms. The molecule has 9 heteroatoms. The summed E-state index contributed by atoms with van der Waals surface area (Å²) in [4.78, 5) is 50.1. The van der Waals surface area contributed by atoms with Crippen LogP contribution in [0.15, 0.2) is 72.8 Å². The third-order valence-electron chi connectivity index (χ3n) is 4.92. The van der Waals surface area contributed by atoms with E-state index >= 15 is 0 Å². The third-order valence-corrected chi connectivity index (χ3v) is 4.92. The van der Waals surface area contributed by atoms with Gasteiger partial charge in [-0.2, -0.15) is 0 Å². The van der Waals surface area contributed by atoms with Crippen molar-refractivity contribution in [3.8, 4) is 11.5 Å². The minimum atomic E-state index is -0.791. The van der Waals surface area contributed by atoms with E-state index in [-0.39, 0.29) is 30.4 Å². The number of hydrogen-bond donors (Lipinski definition) is 1. The summed E-state index contributed by atoms with van der Waals surface area (Å²) in [5, 5.41) is 2.40. The smallest absolute Gasteiger partial charge is 0.414 e. The number of nitrogens with one attached hydrogen (secondary N) is 1. The van der Waals surface area contributed by atoms with Crippen molar-refractivity contribution in [2.75, 3.05) is 20.6 Å². The number of nitrogens with zero attached hydrogens (tertiary/aromatic N) is 1. The Hall–Kier alpha value is -4.66. The summed E-state index contributed by atoms with van der Waals surface area (Å²) in [5.41, 5.74) is 2.24. The van der Waals surface area contributed by atoms with Gasteiger partial charge in [0.15, 0.2) is 17.3 Å². The number of carbonyl (C=O) groups is 4. The van der Waals surface area contributed by atoms with Crippen molar-refractivity contribution >= 4 is 23.9 Å². The van der Waals surface area contributed by atoms with Crippen molar-refractivity contribution in [1.29, 1.82) is 0 Å². The molecule has 0 saturated carbocycles. The van der Waals surface area contributed by atoms with Crippen LogP contribution in [0.3, 0.4) is 0 Å². The molecule has 0 unspecified atom stereocenters. The molecule has 0 heterocycles. The Morgan fingerprint density at radius 1 is 0.806 bits per heavy atom. The van der Waals surface area contributed by atoms with E-state index in [2.05, 4.69) is 5.32 Å². The summed E-state index contributed by atoms with van der Waals surface area (Å²) in [5.74, 6) is -0.898. The number of esters is 1. The van der Waals surface area contributed by atoms with Gasteiger partial charge in [0.05, 0.1) is 12.1 Å². The Morgan fingerprint density at radius 3 is 2.17 bits per heavy atom. The van der Waals surface area contributed by atoms with Crippen LogP contribution < -0.4 is 14.8 Å². The van der Waals surface area contributed by atoms with E-state index in [1.165, 1.54) is 31.1 Å². The minimum absolute atomic E-state index is 0.0171.